The number of hydrogen-bond donors (Lipinski definition) is 1. The van der Waals surface area contributed by atoms with Crippen molar-refractivity contribution >= 4 is 0 Å². The third-order valence-corrected chi connectivity index (χ3v) is 4.47. The molecule has 1 aliphatic heterocycles. The molecule has 1 saturated heterocycles. The van der Waals surface area contributed by atoms with Gasteiger partial charge in [-0.15, -0.1) is 0 Å². The zero-order valence-corrected chi connectivity index (χ0v) is 13.8. The van der Waals surface area contributed by atoms with Crippen LogP contribution in [0.15, 0.2) is 24.3 Å². The summed E-state index contributed by atoms with van der Waals surface area (Å²) in [5.41, 5.74) is 1.27. The Labute approximate surface area is 129 Å². The van der Waals surface area contributed by atoms with E-state index < -0.39 is 0 Å². The van der Waals surface area contributed by atoms with Crippen LogP contribution in [0, 0.1) is 0 Å². The first-order valence-electron chi connectivity index (χ1n) is 8.37. The quantitative estimate of drug-likeness (QED) is 0.791. The minimum atomic E-state index is 0.343. The predicted octanol–water partition coefficient (Wildman–Crippen LogP) is 3.61. The van der Waals surface area contributed by atoms with Gasteiger partial charge in [-0.25, -0.2) is 0 Å². The lowest BCUT2D eigenvalue weighted by molar-refractivity contribution is 0.231. The van der Waals surface area contributed by atoms with E-state index in [1.807, 2.05) is 0 Å². The summed E-state index contributed by atoms with van der Waals surface area (Å²) in [6, 6.07) is 9.47. The number of nitrogens with one attached hydrogen (secondary N) is 1. The van der Waals surface area contributed by atoms with Gasteiger partial charge < -0.3 is 15.0 Å². The molecule has 0 aliphatic carbocycles. The maximum Gasteiger partial charge on any atom is 0.124 e. The zero-order valence-electron chi connectivity index (χ0n) is 13.8. The van der Waals surface area contributed by atoms with E-state index >= 15 is 0 Å². The van der Waals surface area contributed by atoms with Gasteiger partial charge in [0.25, 0.3) is 0 Å². The van der Waals surface area contributed by atoms with Gasteiger partial charge in [-0.05, 0) is 58.8 Å². The Hall–Kier alpha value is -1.06. The molecule has 3 heteroatoms. The molecule has 1 heterocycles. The molecule has 2 unspecified atom stereocenters. The van der Waals surface area contributed by atoms with Crippen molar-refractivity contribution in [1.82, 2.24) is 10.2 Å². The first-order valence-corrected chi connectivity index (χ1v) is 8.37. The second-order valence-corrected chi connectivity index (χ2v) is 6.13. The molecular weight excluding hydrogens is 260 g/mol. The van der Waals surface area contributed by atoms with Crippen LogP contribution in [0.25, 0.3) is 0 Å². The van der Waals surface area contributed by atoms with Crippen LogP contribution in [0.3, 0.4) is 0 Å². The molecular formula is C18H30N2O. The third-order valence-electron chi connectivity index (χ3n) is 4.47. The van der Waals surface area contributed by atoms with E-state index in [4.69, 9.17) is 4.74 Å². The van der Waals surface area contributed by atoms with Crippen molar-refractivity contribution in [3.8, 4) is 5.75 Å². The highest BCUT2D eigenvalue weighted by molar-refractivity contribution is 5.35. The number of benzene rings is 1. The first kappa shape index (κ1) is 16.3. The Morgan fingerprint density at radius 3 is 2.90 bits per heavy atom. The normalized spacial score (nSPS) is 20.6. The Balaban J connectivity index is 1.87. The van der Waals surface area contributed by atoms with Gasteiger partial charge in [0.2, 0.25) is 0 Å². The molecule has 118 valence electrons. The van der Waals surface area contributed by atoms with Crippen molar-refractivity contribution < 1.29 is 4.74 Å². The smallest absolute Gasteiger partial charge is 0.124 e. The second-order valence-electron chi connectivity index (χ2n) is 6.13. The fourth-order valence-electron chi connectivity index (χ4n) is 3.09. The summed E-state index contributed by atoms with van der Waals surface area (Å²) >= 11 is 0. The highest BCUT2D eigenvalue weighted by Crippen LogP contribution is 2.25. The third kappa shape index (κ3) is 4.72. The molecule has 0 bridgehead atoms. The molecule has 0 aromatic heterocycles. The number of likely N-dealkylation sites (tertiary alicyclic amines) is 1. The topological polar surface area (TPSA) is 24.5 Å². The van der Waals surface area contributed by atoms with Crippen LogP contribution >= 0.6 is 0 Å². The standard InChI is InChI=1S/C18H30N2O/c1-4-12-19-15(2)17-9-5-6-10-18(17)21-14-11-16-8-7-13-20(16)3/h5-6,9-10,15-16,19H,4,7-8,11-14H2,1-3H3. The summed E-state index contributed by atoms with van der Waals surface area (Å²) in [5.74, 6) is 1.04. The maximum atomic E-state index is 6.08. The Bertz CT molecular complexity index is 421. The molecule has 3 nitrogen and oxygen atoms in total. The molecule has 0 radical (unpaired) electrons. The minimum absolute atomic E-state index is 0.343. The van der Waals surface area contributed by atoms with E-state index in [1.165, 1.54) is 24.9 Å². The predicted molar refractivity (Wildman–Crippen MR) is 88.9 cm³/mol. The summed E-state index contributed by atoms with van der Waals surface area (Å²) in [6.45, 7) is 7.50. The van der Waals surface area contributed by atoms with Gasteiger partial charge in [0, 0.05) is 17.6 Å². The highest BCUT2D eigenvalue weighted by Gasteiger charge is 2.20. The van der Waals surface area contributed by atoms with Crippen molar-refractivity contribution in [1.29, 1.82) is 0 Å². The summed E-state index contributed by atoms with van der Waals surface area (Å²) < 4.78 is 6.08. The molecule has 2 atom stereocenters. The van der Waals surface area contributed by atoms with E-state index in [0.29, 0.717) is 12.1 Å². The average Bonchev–Trinajstić information content (AvgIpc) is 2.91. The molecule has 2 rings (SSSR count). The van der Waals surface area contributed by atoms with Gasteiger partial charge in [0.15, 0.2) is 0 Å². The average molecular weight is 290 g/mol. The van der Waals surface area contributed by atoms with Gasteiger partial charge in [-0.1, -0.05) is 25.1 Å². The van der Waals surface area contributed by atoms with Crippen molar-refractivity contribution in [2.45, 2.75) is 51.6 Å². The fraction of sp³-hybridized carbons (Fsp3) is 0.667. The lowest BCUT2D eigenvalue weighted by atomic mass is 10.1. The zero-order chi connectivity index (χ0) is 15.1. The van der Waals surface area contributed by atoms with Gasteiger partial charge in [-0.2, -0.15) is 0 Å². The molecule has 21 heavy (non-hydrogen) atoms. The summed E-state index contributed by atoms with van der Waals surface area (Å²) in [7, 11) is 2.22. The van der Waals surface area contributed by atoms with Gasteiger partial charge in [0.05, 0.1) is 6.61 Å². The van der Waals surface area contributed by atoms with E-state index in [2.05, 4.69) is 55.4 Å². The molecule has 0 saturated carbocycles. The Kier molecular flexibility index (Phi) is 6.52. The van der Waals surface area contributed by atoms with Crippen molar-refractivity contribution in [3.63, 3.8) is 0 Å². The Morgan fingerprint density at radius 1 is 1.38 bits per heavy atom. The molecule has 1 aromatic carbocycles. The van der Waals surface area contributed by atoms with E-state index in [9.17, 15) is 0 Å². The van der Waals surface area contributed by atoms with Crippen molar-refractivity contribution in [2.75, 3.05) is 26.7 Å². The van der Waals surface area contributed by atoms with Crippen LogP contribution in [0.1, 0.15) is 51.1 Å². The lowest BCUT2D eigenvalue weighted by Crippen LogP contribution is -2.26. The monoisotopic (exact) mass is 290 g/mol. The van der Waals surface area contributed by atoms with Gasteiger partial charge in [-0.3, -0.25) is 0 Å². The summed E-state index contributed by atoms with van der Waals surface area (Å²) in [6.07, 6.45) is 4.93. The Morgan fingerprint density at radius 2 is 2.19 bits per heavy atom. The van der Waals surface area contributed by atoms with Crippen LogP contribution in [-0.4, -0.2) is 37.7 Å². The summed E-state index contributed by atoms with van der Waals surface area (Å²) in [4.78, 5) is 2.46. The fourth-order valence-corrected chi connectivity index (χ4v) is 3.09. The van der Waals surface area contributed by atoms with Crippen molar-refractivity contribution in [2.24, 2.45) is 0 Å². The van der Waals surface area contributed by atoms with Crippen LogP contribution in [0.4, 0.5) is 0 Å². The number of hydrogen-bond acceptors (Lipinski definition) is 3. The molecule has 1 aliphatic rings. The second kappa shape index (κ2) is 8.40. The summed E-state index contributed by atoms with van der Waals surface area (Å²) in [5, 5.41) is 3.54. The minimum Gasteiger partial charge on any atom is -0.493 e. The number of para-hydroxylation sites is 1. The van der Waals surface area contributed by atoms with E-state index in [1.54, 1.807) is 0 Å². The number of rotatable bonds is 8. The largest absolute Gasteiger partial charge is 0.493 e. The van der Waals surface area contributed by atoms with Gasteiger partial charge in [0.1, 0.15) is 5.75 Å². The van der Waals surface area contributed by atoms with Crippen LogP contribution in [0.5, 0.6) is 5.75 Å². The number of ether oxygens (including phenoxy) is 1. The lowest BCUT2D eigenvalue weighted by Gasteiger charge is -2.21. The van der Waals surface area contributed by atoms with Crippen LogP contribution in [-0.2, 0) is 0 Å². The van der Waals surface area contributed by atoms with Crippen LogP contribution < -0.4 is 10.1 Å². The number of nitrogens with zero attached hydrogens (tertiary/aromatic N) is 1. The van der Waals surface area contributed by atoms with Crippen molar-refractivity contribution in [3.05, 3.63) is 29.8 Å². The molecule has 1 aromatic rings. The van der Waals surface area contributed by atoms with Crippen LogP contribution in [0.2, 0.25) is 0 Å². The maximum absolute atomic E-state index is 6.08. The van der Waals surface area contributed by atoms with Gasteiger partial charge >= 0.3 is 0 Å². The molecule has 0 spiro atoms. The van der Waals surface area contributed by atoms with E-state index in [-0.39, 0.29) is 0 Å². The molecule has 1 fully saturated rings. The molecule has 1 N–H and O–H groups in total. The molecule has 0 amide bonds. The SMILES string of the molecule is CCCNC(C)c1ccccc1OCCC1CCCN1C. The van der Waals surface area contributed by atoms with E-state index in [0.717, 1.165) is 31.7 Å². The highest BCUT2D eigenvalue weighted by atomic mass is 16.5. The first-order chi connectivity index (χ1) is 10.2.